The van der Waals surface area contributed by atoms with Gasteiger partial charge >= 0.3 is 0 Å². The van der Waals surface area contributed by atoms with Crippen molar-refractivity contribution in [2.45, 2.75) is 18.8 Å². The van der Waals surface area contributed by atoms with E-state index in [0.29, 0.717) is 23.3 Å². The molecule has 0 amide bonds. The van der Waals surface area contributed by atoms with E-state index in [4.69, 9.17) is 5.11 Å². The van der Waals surface area contributed by atoms with E-state index < -0.39 is 17.5 Å². The third-order valence-electron chi connectivity index (χ3n) is 4.31. The van der Waals surface area contributed by atoms with Crippen molar-refractivity contribution in [1.29, 1.82) is 0 Å². The van der Waals surface area contributed by atoms with E-state index in [1.807, 2.05) is 0 Å². The molecule has 0 aromatic heterocycles. The van der Waals surface area contributed by atoms with Crippen molar-refractivity contribution in [1.82, 2.24) is 0 Å². The Morgan fingerprint density at radius 3 is 2.06 bits per heavy atom. The van der Waals surface area contributed by atoms with Crippen molar-refractivity contribution in [3.63, 3.8) is 0 Å². The Balaban J connectivity index is 1.79. The lowest BCUT2D eigenvalue weighted by Crippen LogP contribution is -2.04. The van der Waals surface area contributed by atoms with Gasteiger partial charge in [0.15, 0.2) is 17.5 Å². The maximum atomic E-state index is 13.1. The Labute approximate surface area is 97.3 Å². The molecule has 0 bridgehead atoms. The average molecular weight is 242 g/mol. The van der Waals surface area contributed by atoms with E-state index in [9.17, 15) is 13.2 Å². The van der Waals surface area contributed by atoms with Gasteiger partial charge in [-0.25, -0.2) is 13.2 Å². The molecule has 4 heteroatoms. The van der Waals surface area contributed by atoms with Crippen molar-refractivity contribution >= 4 is 0 Å². The lowest BCUT2D eigenvalue weighted by molar-refractivity contribution is 0.253. The predicted molar refractivity (Wildman–Crippen MR) is 55.8 cm³/mol. The number of halogens is 3. The van der Waals surface area contributed by atoms with Crippen LogP contribution in [0.4, 0.5) is 13.2 Å². The molecule has 0 heterocycles. The number of aliphatic hydroxyl groups excluding tert-OH is 1. The molecule has 3 rings (SSSR count). The van der Waals surface area contributed by atoms with Crippen LogP contribution in [0.25, 0.3) is 0 Å². The normalized spacial score (nSPS) is 34.8. The van der Waals surface area contributed by atoms with Crippen LogP contribution >= 0.6 is 0 Å². The first-order valence-corrected chi connectivity index (χ1v) is 5.87. The van der Waals surface area contributed by atoms with E-state index in [0.717, 1.165) is 25.0 Å². The first kappa shape index (κ1) is 11.1. The Morgan fingerprint density at radius 2 is 1.59 bits per heavy atom. The molecule has 2 fully saturated rings. The van der Waals surface area contributed by atoms with E-state index >= 15 is 0 Å². The summed E-state index contributed by atoms with van der Waals surface area (Å²) < 4.78 is 39.0. The zero-order chi connectivity index (χ0) is 12.2. The Morgan fingerprint density at radius 1 is 1.06 bits per heavy atom. The average Bonchev–Trinajstić information content (AvgIpc) is 2.77. The standard InChI is InChI=1S/C13H13F3O/c14-11-3-7(4-12(15)13(11)16)6-1-8-9(2-6)10(8)5-17/h3-4,6,8-10,17H,1-2,5H2/t6?,8-,9+,10?. The molecule has 0 saturated heterocycles. The van der Waals surface area contributed by atoms with Crippen LogP contribution in [-0.4, -0.2) is 11.7 Å². The van der Waals surface area contributed by atoms with Crippen molar-refractivity contribution < 1.29 is 18.3 Å². The number of hydrogen-bond acceptors (Lipinski definition) is 1. The number of hydrogen-bond donors (Lipinski definition) is 1. The molecule has 2 aliphatic carbocycles. The van der Waals surface area contributed by atoms with Gasteiger partial charge in [-0.3, -0.25) is 0 Å². The molecule has 0 aliphatic heterocycles. The number of rotatable bonds is 2. The summed E-state index contributed by atoms with van der Waals surface area (Å²) in [6.07, 6.45) is 1.70. The van der Waals surface area contributed by atoms with Gasteiger partial charge in [-0.05, 0) is 54.2 Å². The molecule has 1 aromatic rings. The van der Waals surface area contributed by atoms with Gasteiger partial charge in [-0.2, -0.15) is 0 Å². The summed E-state index contributed by atoms with van der Waals surface area (Å²) in [6, 6.07) is 2.20. The number of aliphatic hydroxyl groups is 1. The van der Waals surface area contributed by atoms with Crippen LogP contribution in [0.1, 0.15) is 24.3 Å². The van der Waals surface area contributed by atoms with Crippen molar-refractivity contribution in [3.05, 3.63) is 35.1 Å². The summed E-state index contributed by atoms with van der Waals surface area (Å²) in [5, 5.41) is 9.02. The number of benzene rings is 1. The second-order valence-electron chi connectivity index (χ2n) is 5.14. The molecule has 1 N–H and O–H groups in total. The first-order valence-electron chi connectivity index (χ1n) is 5.87. The third-order valence-corrected chi connectivity index (χ3v) is 4.31. The van der Waals surface area contributed by atoms with Crippen LogP contribution < -0.4 is 0 Å². The third kappa shape index (κ3) is 1.66. The summed E-state index contributed by atoms with van der Waals surface area (Å²) in [5.74, 6) is -2.16. The van der Waals surface area contributed by atoms with Crippen LogP contribution in [-0.2, 0) is 0 Å². The summed E-state index contributed by atoms with van der Waals surface area (Å²) in [5.41, 5.74) is 0.547. The fourth-order valence-corrected chi connectivity index (χ4v) is 3.33. The summed E-state index contributed by atoms with van der Waals surface area (Å²) >= 11 is 0. The Bertz CT molecular complexity index is 425. The molecule has 0 radical (unpaired) electrons. The van der Waals surface area contributed by atoms with E-state index in [2.05, 4.69) is 0 Å². The smallest absolute Gasteiger partial charge is 0.194 e. The molecule has 1 nitrogen and oxygen atoms in total. The molecular formula is C13H13F3O. The van der Waals surface area contributed by atoms with Crippen LogP contribution in [0, 0.1) is 35.2 Å². The Hall–Kier alpha value is -1.03. The van der Waals surface area contributed by atoms with E-state index in [1.165, 1.54) is 0 Å². The highest BCUT2D eigenvalue weighted by Gasteiger charge is 2.55. The highest BCUT2D eigenvalue weighted by Crippen LogP contribution is 2.61. The molecule has 2 aliphatic rings. The van der Waals surface area contributed by atoms with Crippen LogP contribution in [0.3, 0.4) is 0 Å². The zero-order valence-corrected chi connectivity index (χ0v) is 9.17. The van der Waals surface area contributed by atoms with Gasteiger partial charge in [0.25, 0.3) is 0 Å². The highest BCUT2D eigenvalue weighted by atomic mass is 19.2. The fraction of sp³-hybridized carbons (Fsp3) is 0.538. The topological polar surface area (TPSA) is 20.2 Å². The molecule has 0 spiro atoms. The number of fused-ring (bicyclic) bond motifs is 1. The Kier molecular flexibility index (Phi) is 2.43. The molecule has 2 saturated carbocycles. The largest absolute Gasteiger partial charge is 0.396 e. The molecule has 1 aromatic carbocycles. The summed E-state index contributed by atoms with van der Waals surface area (Å²) in [6.45, 7) is 0.203. The van der Waals surface area contributed by atoms with Gasteiger partial charge in [0.05, 0.1) is 0 Å². The van der Waals surface area contributed by atoms with Gasteiger partial charge < -0.3 is 5.11 Å². The molecule has 4 atom stereocenters. The fourth-order valence-electron chi connectivity index (χ4n) is 3.33. The highest BCUT2D eigenvalue weighted by molar-refractivity contribution is 5.26. The maximum Gasteiger partial charge on any atom is 0.194 e. The van der Waals surface area contributed by atoms with Crippen LogP contribution in [0.2, 0.25) is 0 Å². The first-order chi connectivity index (χ1) is 8.11. The van der Waals surface area contributed by atoms with E-state index in [1.54, 1.807) is 0 Å². The van der Waals surface area contributed by atoms with Crippen molar-refractivity contribution in [2.75, 3.05) is 6.61 Å². The van der Waals surface area contributed by atoms with Crippen LogP contribution in [0.15, 0.2) is 12.1 Å². The minimum absolute atomic E-state index is 0.109. The molecule has 17 heavy (non-hydrogen) atoms. The second-order valence-corrected chi connectivity index (χ2v) is 5.14. The van der Waals surface area contributed by atoms with Gasteiger partial charge in [0.2, 0.25) is 0 Å². The monoisotopic (exact) mass is 242 g/mol. The van der Waals surface area contributed by atoms with E-state index in [-0.39, 0.29) is 12.5 Å². The summed E-state index contributed by atoms with van der Waals surface area (Å²) in [4.78, 5) is 0. The summed E-state index contributed by atoms with van der Waals surface area (Å²) in [7, 11) is 0. The van der Waals surface area contributed by atoms with Crippen LogP contribution in [0.5, 0.6) is 0 Å². The zero-order valence-electron chi connectivity index (χ0n) is 9.17. The van der Waals surface area contributed by atoms with Gasteiger partial charge in [-0.1, -0.05) is 0 Å². The molecular weight excluding hydrogens is 229 g/mol. The minimum atomic E-state index is -1.40. The SMILES string of the molecule is OCC1[C@H]2CC(c3cc(F)c(F)c(F)c3)C[C@@H]12. The predicted octanol–water partition coefficient (Wildman–Crippen LogP) is 2.84. The van der Waals surface area contributed by atoms with Gasteiger partial charge in [0, 0.05) is 6.61 Å². The second kappa shape index (κ2) is 3.73. The minimum Gasteiger partial charge on any atom is -0.396 e. The lowest BCUT2D eigenvalue weighted by Gasteiger charge is -2.14. The van der Waals surface area contributed by atoms with Crippen molar-refractivity contribution in [2.24, 2.45) is 17.8 Å². The van der Waals surface area contributed by atoms with Gasteiger partial charge in [-0.15, -0.1) is 0 Å². The lowest BCUT2D eigenvalue weighted by atomic mass is 9.92. The molecule has 92 valence electrons. The molecule has 2 unspecified atom stereocenters. The quantitative estimate of drug-likeness (QED) is 0.791. The maximum absolute atomic E-state index is 13.1. The van der Waals surface area contributed by atoms with Gasteiger partial charge in [0.1, 0.15) is 0 Å². The van der Waals surface area contributed by atoms with Crippen molar-refractivity contribution in [3.8, 4) is 0 Å².